The minimum atomic E-state index is -0.431. The number of hydrogen-bond acceptors (Lipinski definition) is 6. The maximum absolute atomic E-state index is 12.5. The van der Waals surface area contributed by atoms with E-state index in [1.807, 2.05) is 36.3 Å². The number of aromatic nitrogens is 1. The first-order chi connectivity index (χ1) is 13.6. The minimum Gasteiger partial charge on any atom is -0.465 e. The van der Waals surface area contributed by atoms with E-state index in [2.05, 4.69) is 47.4 Å². The lowest BCUT2D eigenvalue weighted by molar-refractivity contribution is -0.148. The summed E-state index contributed by atoms with van der Waals surface area (Å²) in [6, 6.07) is 12.6. The van der Waals surface area contributed by atoms with E-state index in [0.29, 0.717) is 6.61 Å². The standard InChI is InChI=1S/C22H26N4O2/c1-4-28-22(27)17-13-24-26-20(16-9-8-14(2)11-15(16)3)12-19(25-21(17)26)18-7-5-6-10-23-18/h5-11,13,17,19-21,25H,4,12H2,1-3H3. The van der Waals surface area contributed by atoms with Gasteiger partial charge in [-0.1, -0.05) is 29.8 Å². The summed E-state index contributed by atoms with van der Waals surface area (Å²) in [5.74, 6) is -0.674. The van der Waals surface area contributed by atoms with Gasteiger partial charge in [0.05, 0.1) is 24.4 Å². The Kier molecular flexibility index (Phi) is 5.13. The van der Waals surface area contributed by atoms with Crippen LogP contribution >= 0.6 is 0 Å². The SMILES string of the molecule is CCOC(=O)C1C=NN2C(c3ccc(C)cc3C)CC(c3ccccn3)NC12. The summed E-state index contributed by atoms with van der Waals surface area (Å²) in [4.78, 5) is 17.1. The maximum atomic E-state index is 12.5. The number of carbonyl (C=O) groups excluding carboxylic acids is 1. The fourth-order valence-corrected chi connectivity index (χ4v) is 4.21. The predicted molar refractivity (Wildman–Crippen MR) is 108 cm³/mol. The molecule has 1 saturated heterocycles. The fourth-order valence-electron chi connectivity index (χ4n) is 4.21. The number of nitrogens with one attached hydrogen (secondary N) is 1. The lowest BCUT2D eigenvalue weighted by Gasteiger charge is -2.43. The van der Waals surface area contributed by atoms with Crippen LogP contribution in [0, 0.1) is 19.8 Å². The normalized spacial score (nSPS) is 26.2. The maximum Gasteiger partial charge on any atom is 0.318 e. The average molecular weight is 378 g/mol. The van der Waals surface area contributed by atoms with Crippen molar-refractivity contribution in [2.75, 3.05) is 6.61 Å². The zero-order valence-electron chi connectivity index (χ0n) is 16.5. The quantitative estimate of drug-likeness (QED) is 0.827. The third-order valence-corrected chi connectivity index (χ3v) is 5.52. The van der Waals surface area contributed by atoms with Crippen molar-refractivity contribution < 1.29 is 9.53 Å². The Balaban J connectivity index is 1.70. The lowest BCUT2D eigenvalue weighted by Crippen LogP contribution is -2.54. The summed E-state index contributed by atoms with van der Waals surface area (Å²) in [5, 5.41) is 10.2. The largest absolute Gasteiger partial charge is 0.465 e. The number of ether oxygens (including phenoxy) is 1. The molecule has 0 bridgehead atoms. The van der Waals surface area contributed by atoms with Crippen molar-refractivity contribution in [1.82, 2.24) is 15.3 Å². The first-order valence-corrected chi connectivity index (χ1v) is 9.81. The predicted octanol–water partition coefficient (Wildman–Crippen LogP) is 3.28. The van der Waals surface area contributed by atoms with Crippen LogP contribution in [0.5, 0.6) is 0 Å². The van der Waals surface area contributed by atoms with Crippen LogP contribution in [0.2, 0.25) is 0 Å². The van der Waals surface area contributed by atoms with Gasteiger partial charge >= 0.3 is 5.97 Å². The second kappa shape index (κ2) is 7.72. The highest BCUT2D eigenvalue weighted by Gasteiger charge is 2.46. The molecular formula is C22H26N4O2. The van der Waals surface area contributed by atoms with Crippen LogP contribution < -0.4 is 5.32 Å². The third kappa shape index (κ3) is 3.40. The van der Waals surface area contributed by atoms with E-state index in [4.69, 9.17) is 4.74 Å². The van der Waals surface area contributed by atoms with Gasteiger partial charge in [0.25, 0.3) is 0 Å². The molecular weight excluding hydrogens is 352 g/mol. The summed E-state index contributed by atoms with van der Waals surface area (Å²) in [5.41, 5.74) is 4.69. The number of pyridine rings is 1. The zero-order chi connectivity index (χ0) is 19.7. The van der Waals surface area contributed by atoms with Gasteiger partial charge in [0.1, 0.15) is 12.1 Å². The van der Waals surface area contributed by atoms with Gasteiger partial charge in [0, 0.05) is 12.4 Å². The Hall–Kier alpha value is -2.73. The smallest absolute Gasteiger partial charge is 0.318 e. The highest BCUT2D eigenvalue weighted by Crippen LogP contribution is 2.41. The van der Waals surface area contributed by atoms with Crippen LogP contribution in [0.3, 0.4) is 0 Å². The highest BCUT2D eigenvalue weighted by molar-refractivity contribution is 5.91. The van der Waals surface area contributed by atoms with Crippen molar-refractivity contribution in [2.45, 2.75) is 45.4 Å². The third-order valence-electron chi connectivity index (χ3n) is 5.52. The molecule has 146 valence electrons. The molecule has 0 radical (unpaired) electrons. The van der Waals surface area contributed by atoms with E-state index in [1.165, 1.54) is 16.7 Å². The first-order valence-electron chi connectivity index (χ1n) is 9.81. The molecule has 1 aromatic carbocycles. The summed E-state index contributed by atoms with van der Waals surface area (Å²) in [7, 11) is 0. The Labute approximate surface area is 165 Å². The van der Waals surface area contributed by atoms with Gasteiger partial charge < -0.3 is 4.74 Å². The zero-order valence-corrected chi connectivity index (χ0v) is 16.5. The van der Waals surface area contributed by atoms with Gasteiger partial charge in [0.15, 0.2) is 0 Å². The van der Waals surface area contributed by atoms with Gasteiger partial charge in [-0.2, -0.15) is 5.10 Å². The molecule has 2 aliphatic rings. The number of hydrazone groups is 1. The van der Waals surface area contributed by atoms with Crippen molar-refractivity contribution in [2.24, 2.45) is 11.0 Å². The number of nitrogens with zero attached hydrogens (tertiary/aromatic N) is 3. The molecule has 1 aromatic heterocycles. The average Bonchev–Trinajstić information content (AvgIpc) is 3.12. The number of fused-ring (bicyclic) bond motifs is 1. The first kappa shape index (κ1) is 18.6. The molecule has 0 spiro atoms. The van der Waals surface area contributed by atoms with E-state index >= 15 is 0 Å². The lowest BCUT2D eigenvalue weighted by atomic mass is 9.89. The van der Waals surface area contributed by atoms with Gasteiger partial charge in [-0.15, -0.1) is 0 Å². The second-order valence-corrected chi connectivity index (χ2v) is 7.45. The summed E-state index contributed by atoms with van der Waals surface area (Å²) < 4.78 is 5.28. The Morgan fingerprint density at radius 2 is 2.14 bits per heavy atom. The van der Waals surface area contributed by atoms with Crippen LogP contribution in [-0.2, 0) is 9.53 Å². The summed E-state index contributed by atoms with van der Waals surface area (Å²) >= 11 is 0. The summed E-state index contributed by atoms with van der Waals surface area (Å²) in [6.07, 6.45) is 4.10. The van der Waals surface area contributed by atoms with E-state index in [0.717, 1.165) is 12.1 Å². The molecule has 28 heavy (non-hydrogen) atoms. The van der Waals surface area contributed by atoms with Crippen LogP contribution in [0.1, 0.15) is 47.8 Å². The fraction of sp³-hybridized carbons (Fsp3) is 0.409. The molecule has 3 heterocycles. The van der Waals surface area contributed by atoms with Gasteiger partial charge in [-0.05, 0) is 50.5 Å². The molecule has 2 aromatic rings. The van der Waals surface area contributed by atoms with Crippen molar-refractivity contribution in [1.29, 1.82) is 0 Å². The van der Waals surface area contributed by atoms with Crippen LogP contribution in [-0.4, -0.2) is 34.9 Å². The molecule has 2 aliphatic heterocycles. The number of esters is 1. The second-order valence-electron chi connectivity index (χ2n) is 7.45. The van der Waals surface area contributed by atoms with E-state index < -0.39 is 5.92 Å². The molecule has 0 saturated carbocycles. The Morgan fingerprint density at radius 3 is 2.86 bits per heavy atom. The van der Waals surface area contributed by atoms with Crippen molar-refractivity contribution in [3.8, 4) is 0 Å². The number of hydrogen-bond donors (Lipinski definition) is 1. The molecule has 0 aliphatic carbocycles. The van der Waals surface area contributed by atoms with Crippen molar-refractivity contribution in [3.05, 3.63) is 65.0 Å². The summed E-state index contributed by atoms with van der Waals surface area (Å²) in [6.45, 7) is 6.42. The van der Waals surface area contributed by atoms with E-state index in [1.54, 1.807) is 6.21 Å². The molecule has 6 heteroatoms. The van der Waals surface area contributed by atoms with Crippen LogP contribution in [0.15, 0.2) is 47.7 Å². The molecule has 0 amide bonds. The van der Waals surface area contributed by atoms with Gasteiger partial charge in [0.2, 0.25) is 0 Å². The van der Waals surface area contributed by atoms with Gasteiger partial charge in [-0.25, -0.2) is 0 Å². The molecule has 1 N–H and O–H groups in total. The van der Waals surface area contributed by atoms with Gasteiger partial charge in [-0.3, -0.25) is 20.1 Å². The van der Waals surface area contributed by atoms with Crippen LogP contribution in [0.4, 0.5) is 0 Å². The van der Waals surface area contributed by atoms with E-state index in [9.17, 15) is 4.79 Å². The Bertz CT molecular complexity index is 883. The van der Waals surface area contributed by atoms with E-state index in [-0.39, 0.29) is 24.2 Å². The number of rotatable bonds is 4. The number of aryl methyl sites for hydroxylation is 2. The Morgan fingerprint density at radius 1 is 1.29 bits per heavy atom. The van der Waals surface area contributed by atoms with Crippen LogP contribution in [0.25, 0.3) is 0 Å². The minimum absolute atomic E-state index is 0.0341. The molecule has 1 fully saturated rings. The monoisotopic (exact) mass is 378 g/mol. The molecule has 4 unspecified atom stereocenters. The topological polar surface area (TPSA) is 66.8 Å². The number of benzene rings is 1. The molecule has 4 atom stereocenters. The molecule has 4 rings (SSSR count). The van der Waals surface area contributed by atoms with Crippen molar-refractivity contribution in [3.63, 3.8) is 0 Å². The number of carbonyl (C=O) groups is 1. The molecule has 6 nitrogen and oxygen atoms in total. The highest BCUT2D eigenvalue weighted by atomic mass is 16.5. The van der Waals surface area contributed by atoms with Crippen molar-refractivity contribution >= 4 is 12.2 Å².